The molecule has 0 spiro atoms. The van der Waals surface area contributed by atoms with E-state index in [9.17, 15) is 13.0 Å². The van der Waals surface area contributed by atoms with Gasteiger partial charge in [-0.15, -0.1) is 0 Å². The molecule has 1 unspecified atom stereocenters. The minimum Gasteiger partial charge on any atom is -0.744 e. The first-order valence-electron chi connectivity index (χ1n) is 13.6. The molecule has 1 aliphatic rings. The number of benzene rings is 1. The summed E-state index contributed by atoms with van der Waals surface area (Å²) in [4.78, 5) is -0.177. The molecular weight excluding hydrogens is 471 g/mol. The second-order valence-corrected chi connectivity index (χ2v) is 11.2. The van der Waals surface area contributed by atoms with Crippen molar-refractivity contribution in [3.63, 3.8) is 0 Å². The molecule has 34 heavy (non-hydrogen) atoms. The van der Waals surface area contributed by atoms with Crippen molar-refractivity contribution in [2.45, 2.75) is 140 Å². The maximum atomic E-state index is 11.2. The van der Waals surface area contributed by atoms with Gasteiger partial charge in [0.2, 0.25) is 0 Å². The largest absolute Gasteiger partial charge is 1.00 e. The molecule has 0 aliphatic carbocycles. The quantitative estimate of drug-likeness (QED) is 0.141. The molecule has 5 nitrogen and oxygen atoms in total. The third-order valence-electron chi connectivity index (χ3n) is 6.79. The van der Waals surface area contributed by atoms with E-state index in [1.54, 1.807) is 6.07 Å². The van der Waals surface area contributed by atoms with Gasteiger partial charge in [0.05, 0.1) is 22.4 Å². The van der Waals surface area contributed by atoms with Gasteiger partial charge in [0.1, 0.15) is 10.1 Å². The summed E-state index contributed by atoms with van der Waals surface area (Å²) in [6.45, 7) is 2.28. The van der Waals surface area contributed by atoms with Crippen LogP contribution in [0.25, 0.3) is 0 Å². The van der Waals surface area contributed by atoms with Crippen LogP contribution in [-0.4, -0.2) is 19.1 Å². The van der Waals surface area contributed by atoms with Gasteiger partial charge in [0.25, 0.3) is 0 Å². The molecule has 0 saturated heterocycles. The Kier molecular flexibility index (Phi) is 18.6. The van der Waals surface area contributed by atoms with E-state index in [2.05, 4.69) is 17.6 Å². The maximum Gasteiger partial charge on any atom is 1.00 e. The Morgan fingerprint density at radius 3 is 1.53 bits per heavy atom. The summed E-state index contributed by atoms with van der Waals surface area (Å²) in [5.41, 5.74) is 1.58. The Hall–Kier alpha value is 0.366. The van der Waals surface area contributed by atoms with E-state index in [1.807, 2.05) is 0 Å². The molecule has 190 valence electrons. The van der Waals surface area contributed by atoms with Gasteiger partial charge in [0, 0.05) is 0 Å². The third-order valence-corrected chi connectivity index (χ3v) is 7.62. The zero-order valence-electron chi connectivity index (χ0n) is 21.9. The molecule has 0 bridgehead atoms. The number of unbranched alkanes of at least 4 members (excludes halogenated alkanes) is 17. The molecule has 0 aromatic heterocycles. The van der Waals surface area contributed by atoms with Crippen molar-refractivity contribution in [3.8, 4) is 0 Å². The van der Waals surface area contributed by atoms with E-state index in [-0.39, 0.29) is 62.4 Å². The fourth-order valence-corrected chi connectivity index (χ4v) is 5.23. The summed E-state index contributed by atoms with van der Waals surface area (Å²) in [7, 11) is -4.41. The standard InChI is InChI=1S/C27H48N2O3S.K/c1-2-3-4-5-6-7-8-9-10-11-12-13-14-15-16-17-18-19-20-27-28-25-22-21-24(33(30,31)32)23-26(25)29-27;/h21-23,27-29H,2-20H2,1H3,(H,30,31,32);/q;+1/p-1. The van der Waals surface area contributed by atoms with E-state index < -0.39 is 10.1 Å². The molecule has 1 aromatic carbocycles. The zero-order chi connectivity index (χ0) is 23.8. The number of anilines is 2. The average Bonchev–Trinajstić information content (AvgIpc) is 3.20. The molecule has 7 heteroatoms. The van der Waals surface area contributed by atoms with Crippen LogP contribution in [0.4, 0.5) is 11.4 Å². The van der Waals surface area contributed by atoms with Crippen molar-refractivity contribution < 1.29 is 64.4 Å². The summed E-state index contributed by atoms with van der Waals surface area (Å²) < 4.78 is 33.5. The minimum atomic E-state index is -4.41. The summed E-state index contributed by atoms with van der Waals surface area (Å²) >= 11 is 0. The van der Waals surface area contributed by atoms with Crippen molar-refractivity contribution in [2.24, 2.45) is 0 Å². The Bertz CT molecular complexity index is 758. The van der Waals surface area contributed by atoms with Crippen molar-refractivity contribution in [1.29, 1.82) is 0 Å². The van der Waals surface area contributed by atoms with E-state index in [0.717, 1.165) is 18.5 Å². The van der Waals surface area contributed by atoms with Crippen LogP contribution >= 0.6 is 0 Å². The summed E-state index contributed by atoms with van der Waals surface area (Å²) in [6, 6.07) is 4.47. The molecule has 2 N–H and O–H groups in total. The van der Waals surface area contributed by atoms with Gasteiger partial charge < -0.3 is 15.2 Å². The smallest absolute Gasteiger partial charge is 0.744 e. The predicted molar refractivity (Wildman–Crippen MR) is 139 cm³/mol. The van der Waals surface area contributed by atoms with Gasteiger partial charge in [-0.3, -0.25) is 0 Å². The van der Waals surface area contributed by atoms with Crippen molar-refractivity contribution in [3.05, 3.63) is 18.2 Å². The summed E-state index contributed by atoms with van der Waals surface area (Å²) in [5.74, 6) is 0. The molecule has 1 aromatic rings. The van der Waals surface area contributed by atoms with Crippen LogP contribution in [0.1, 0.15) is 129 Å². The van der Waals surface area contributed by atoms with Gasteiger partial charge in [0.15, 0.2) is 0 Å². The molecule has 1 heterocycles. The van der Waals surface area contributed by atoms with Crippen LogP contribution in [0.2, 0.25) is 0 Å². The fraction of sp³-hybridized carbons (Fsp3) is 0.778. The number of hydrogen-bond donors (Lipinski definition) is 2. The van der Waals surface area contributed by atoms with Crippen LogP contribution in [0.3, 0.4) is 0 Å². The second kappa shape index (κ2) is 19.5. The first-order chi connectivity index (χ1) is 16.0. The van der Waals surface area contributed by atoms with E-state index >= 15 is 0 Å². The van der Waals surface area contributed by atoms with Crippen LogP contribution in [-0.2, 0) is 10.1 Å². The van der Waals surface area contributed by atoms with Crippen LogP contribution in [0, 0.1) is 0 Å². The molecule has 1 aliphatic heterocycles. The Morgan fingerprint density at radius 2 is 1.09 bits per heavy atom. The van der Waals surface area contributed by atoms with Gasteiger partial charge >= 0.3 is 51.4 Å². The van der Waals surface area contributed by atoms with Crippen molar-refractivity contribution >= 4 is 21.5 Å². The van der Waals surface area contributed by atoms with Gasteiger partial charge in [-0.1, -0.05) is 116 Å². The first kappa shape index (κ1) is 32.4. The SMILES string of the molecule is CCCCCCCCCCCCCCCCCCCCC1Nc2ccc(S(=O)(=O)[O-])cc2N1.[K+]. The Labute approximate surface area is 252 Å². The van der Waals surface area contributed by atoms with Gasteiger partial charge in [-0.25, -0.2) is 8.42 Å². The molecule has 2 rings (SSSR count). The topological polar surface area (TPSA) is 81.3 Å². The first-order valence-corrected chi connectivity index (χ1v) is 15.0. The van der Waals surface area contributed by atoms with Crippen LogP contribution < -0.4 is 62.0 Å². The molecule has 0 radical (unpaired) electrons. The maximum absolute atomic E-state index is 11.2. The monoisotopic (exact) mass is 518 g/mol. The van der Waals surface area contributed by atoms with E-state index in [1.165, 1.54) is 121 Å². The Balaban J connectivity index is 0.00000578. The van der Waals surface area contributed by atoms with E-state index in [0.29, 0.717) is 5.69 Å². The molecule has 0 amide bonds. The minimum absolute atomic E-state index is 0. The molecule has 1 atom stereocenters. The molecule has 0 saturated carbocycles. The second-order valence-electron chi connectivity index (χ2n) is 9.80. The predicted octanol–water partition coefficient (Wildman–Crippen LogP) is 5.19. The van der Waals surface area contributed by atoms with Crippen LogP contribution in [0.5, 0.6) is 0 Å². The van der Waals surface area contributed by atoms with Crippen molar-refractivity contribution in [2.75, 3.05) is 10.6 Å². The number of fused-ring (bicyclic) bond motifs is 1. The number of rotatable bonds is 20. The zero-order valence-corrected chi connectivity index (χ0v) is 25.8. The fourth-order valence-electron chi connectivity index (χ4n) is 4.73. The van der Waals surface area contributed by atoms with Crippen molar-refractivity contribution in [1.82, 2.24) is 0 Å². The normalized spacial score (nSPS) is 14.8. The Morgan fingerprint density at radius 1 is 0.676 bits per heavy atom. The van der Waals surface area contributed by atoms with Gasteiger partial charge in [-0.05, 0) is 31.0 Å². The van der Waals surface area contributed by atoms with Gasteiger partial charge in [-0.2, -0.15) is 0 Å². The number of nitrogens with one attached hydrogen (secondary N) is 2. The molecule has 0 fully saturated rings. The average molecular weight is 519 g/mol. The van der Waals surface area contributed by atoms with E-state index in [4.69, 9.17) is 0 Å². The third kappa shape index (κ3) is 14.2. The summed E-state index contributed by atoms with van der Waals surface area (Å²) in [6.07, 6.45) is 25.9. The molecular formula is C27H47KN2O3S. The summed E-state index contributed by atoms with van der Waals surface area (Å²) in [5, 5.41) is 6.65. The number of hydrogen-bond acceptors (Lipinski definition) is 5. The van der Waals surface area contributed by atoms with Crippen LogP contribution in [0.15, 0.2) is 23.1 Å².